The highest BCUT2D eigenvalue weighted by Crippen LogP contribution is 2.46. The van der Waals surface area contributed by atoms with Crippen LogP contribution in [0, 0.1) is 22.7 Å². The van der Waals surface area contributed by atoms with Gasteiger partial charge in [0.15, 0.2) is 0 Å². The van der Waals surface area contributed by atoms with E-state index in [0.717, 1.165) is 12.8 Å². The molecule has 0 bridgehead atoms. The van der Waals surface area contributed by atoms with Crippen molar-refractivity contribution in [2.75, 3.05) is 11.5 Å². The highest BCUT2D eigenvalue weighted by molar-refractivity contribution is 7.99. The van der Waals surface area contributed by atoms with Crippen molar-refractivity contribution in [1.82, 2.24) is 5.32 Å². The Morgan fingerprint density at radius 2 is 1.90 bits per heavy atom. The van der Waals surface area contributed by atoms with Gasteiger partial charge in [0.25, 0.3) is 0 Å². The van der Waals surface area contributed by atoms with Crippen molar-refractivity contribution < 1.29 is 9.90 Å². The quantitative estimate of drug-likeness (QED) is 0.835. The molecular weight excluding hydrogens is 282 g/mol. The number of aliphatic carboxylic acids is 1. The summed E-state index contributed by atoms with van der Waals surface area (Å²) in [5.41, 5.74) is 0.201. The summed E-state index contributed by atoms with van der Waals surface area (Å²) >= 11 is 2.04. The van der Waals surface area contributed by atoms with E-state index in [1.807, 2.05) is 11.8 Å². The van der Waals surface area contributed by atoms with Crippen molar-refractivity contribution in [2.24, 2.45) is 22.7 Å². The predicted octanol–water partition coefficient (Wildman–Crippen LogP) is 3.63. The number of hydrogen-bond donors (Lipinski definition) is 2. The molecule has 0 spiro atoms. The smallest absolute Gasteiger partial charge is 0.307 e. The third-order valence-electron chi connectivity index (χ3n) is 6.27. The highest BCUT2D eigenvalue weighted by atomic mass is 32.2. The van der Waals surface area contributed by atoms with Crippen molar-refractivity contribution in [3.63, 3.8) is 0 Å². The fourth-order valence-electron chi connectivity index (χ4n) is 3.94. The Hall–Kier alpha value is -0.220. The Balaban J connectivity index is 2.07. The normalized spacial score (nSPS) is 38.9. The van der Waals surface area contributed by atoms with E-state index in [1.54, 1.807) is 0 Å². The predicted molar refractivity (Wildman–Crippen MR) is 89.7 cm³/mol. The van der Waals surface area contributed by atoms with Crippen LogP contribution in [0.25, 0.3) is 0 Å². The van der Waals surface area contributed by atoms with Crippen LogP contribution in [0.2, 0.25) is 0 Å². The number of carboxylic acid groups (broad SMARTS) is 1. The third-order valence-corrected chi connectivity index (χ3v) is 7.34. The fourth-order valence-corrected chi connectivity index (χ4v) is 5.56. The lowest BCUT2D eigenvalue weighted by molar-refractivity contribution is -0.150. The van der Waals surface area contributed by atoms with E-state index in [9.17, 15) is 9.90 Å². The van der Waals surface area contributed by atoms with E-state index in [-0.39, 0.29) is 11.3 Å². The Bertz CT molecular complexity index is 394. The molecule has 2 aliphatic rings. The Morgan fingerprint density at radius 3 is 2.48 bits per heavy atom. The molecule has 4 unspecified atom stereocenters. The first kappa shape index (κ1) is 17.1. The van der Waals surface area contributed by atoms with Gasteiger partial charge in [-0.15, -0.1) is 0 Å². The molecule has 1 heterocycles. The molecule has 122 valence electrons. The van der Waals surface area contributed by atoms with Gasteiger partial charge in [0.2, 0.25) is 0 Å². The average molecular weight is 314 g/mol. The van der Waals surface area contributed by atoms with Crippen LogP contribution in [-0.2, 0) is 4.79 Å². The molecule has 4 atom stereocenters. The monoisotopic (exact) mass is 313 g/mol. The van der Waals surface area contributed by atoms with Crippen LogP contribution in [0.15, 0.2) is 0 Å². The van der Waals surface area contributed by atoms with Crippen molar-refractivity contribution in [1.29, 1.82) is 0 Å². The van der Waals surface area contributed by atoms with E-state index in [2.05, 4.69) is 39.9 Å². The maximum absolute atomic E-state index is 11.5. The van der Waals surface area contributed by atoms with Crippen molar-refractivity contribution in [2.45, 2.75) is 66.0 Å². The zero-order chi connectivity index (χ0) is 15.8. The molecule has 2 N–H and O–H groups in total. The van der Waals surface area contributed by atoms with Gasteiger partial charge in [0, 0.05) is 17.8 Å². The zero-order valence-corrected chi connectivity index (χ0v) is 14.9. The van der Waals surface area contributed by atoms with Crippen molar-refractivity contribution in [3.05, 3.63) is 0 Å². The van der Waals surface area contributed by atoms with Gasteiger partial charge in [-0.2, -0.15) is 11.8 Å². The van der Waals surface area contributed by atoms with E-state index in [0.29, 0.717) is 23.4 Å². The lowest BCUT2D eigenvalue weighted by atomic mass is 9.60. The van der Waals surface area contributed by atoms with Crippen molar-refractivity contribution in [3.8, 4) is 0 Å². The minimum Gasteiger partial charge on any atom is -0.481 e. The van der Waals surface area contributed by atoms with E-state index in [4.69, 9.17) is 0 Å². The van der Waals surface area contributed by atoms with Gasteiger partial charge in [-0.05, 0) is 41.8 Å². The SMILES string of the molecule is CC1C(NC2CSCCC2(C)C)CCC(C(=O)O)C1(C)C. The first-order valence-corrected chi connectivity index (χ1v) is 9.38. The van der Waals surface area contributed by atoms with Gasteiger partial charge in [-0.3, -0.25) is 4.79 Å². The number of hydrogen-bond acceptors (Lipinski definition) is 3. The molecule has 1 aliphatic heterocycles. The Kier molecular flexibility index (Phi) is 4.99. The summed E-state index contributed by atoms with van der Waals surface area (Å²) in [6, 6.07) is 0.986. The fraction of sp³-hybridized carbons (Fsp3) is 0.941. The largest absolute Gasteiger partial charge is 0.481 e. The van der Waals surface area contributed by atoms with Crippen LogP contribution in [-0.4, -0.2) is 34.7 Å². The molecule has 0 radical (unpaired) electrons. The molecule has 0 aromatic heterocycles. The average Bonchev–Trinajstić information content (AvgIpc) is 2.36. The topological polar surface area (TPSA) is 49.3 Å². The maximum Gasteiger partial charge on any atom is 0.307 e. The molecule has 0 aromatic rings. The van der Waals surface area contributed by atoms with Gasteiger partial charge in [-0.25, -0.2) is 0 Å². The number of carbonyl (C=O) groups is 1. The molecule has 21 heavy (non-hydrogen) atoms. The minimum atomic E-state index is -0.626. The van der Waals surface area contributed by atoms with Crippen LogP contribution in [0.1, 0.15) is 53.9 Å². The highest BCUT2D eigenvalue weighted by Gasteiger charge is 2.47. The van der Waals surface area contributed by atoms with Crippen LogP contribution >= 0.6 is 11.8 Å². The zero-order valence-electron chi connectivity index (χ0n) is 14.1. The summed E-state index contributed by atoms with van der Waals surface area (Å²) in [4.78, 5) is 11.5. The summed E-state index contributed by atoms with van der Waals surface area (Å²) in [6.07, 6.45) is 3.04. The molecule has 0 amide bonds. The van der Waals surface area contributed by atoms with Gasteiger partial charge in [0.1, 0.15) is 0 Å². The summed E-state index contributed by atoms with van der Waals surface area (Å²) in [6.45, 7) is 11.2. The van der Waals surface area contributed by atoms with Crippen molar-refractivity contribution >= 4 is 17.7 Å². The van der Waals surface area contributed by atoms with Crippen LogP contribution < -0.4 is 5.32 Å². The number of carboxylic acids is 1. The second-order valence-electron chi connectivity index (χ2n) is 8.22. The summed E-state index contributed by atoms with van der Waals surface area (Å²) < 4.78 is 0. The number of rotatable bonds is 3. The molecule has 0 aromatic carbocycles. The molecule has 2 rings (SSSR count). The van der Waals surface area contributed by atoms with Crippen LogP contribution in [0.5, 0.6) is 0 Å². The lowest BCUT2D eigenvalue weighted by Gasteiger charge is -2.49. The van der Waals surface area contributed by atoms with Crippen LogP contribution in [0.3, 0.4) is 0 Å². The lowest BCUT2D eigenvalue weighted by Crippen LogP contribution is -2.57. The van der Waals surface area contributed by atoms with Gasteiger partial charge >= 0.3 is 5.97 Å². The van der Waals surface area contributed by atoms with E-state index < -0.39 is 5.97 Å². The number of nitrogens with one attached hydrogen (secondary N) is 1. The molecule has 4 heteroatoms. The van der Waals surface area contributed by atoms with Gasteiger partial charge < -0.3 is 10.4 Å². The van der Waals surface area contributed by atoms with Crippen LogP contribution in [0.4, 0.5) is 0 Å². The van der Waals surface area contributed by atoms with Gasteiger partial charge in [0.05, 0.1) is 5.92 Å². The minimum absolute atomic E-state index is 0.145. The molecule has 2 fully saturated rings. The first-order chi connectivity index (χ1) is 9.66. The summed E-state index contributed by atoms with van der Waals surface area (Å²) in [7, 11) is 0. The summed E-state index contributed by atoms with van der Waals surface area (Å²) in [5.74, 6) is 1.99. The standard InChI is InChI=1S/C17H31NO2S/c1-11-13(7-6-12(15(19)20)17(11,4)5)18-14-10-21-9-8-16(14,2)3/h11-14,18H,6-10H2,1-5H3,(H,19,20). The molecule has 1 saturated heterocycles. The molecular formula is C17H31NO2S. The first-order valence-electron chi connectivity index (χ1n) is 8.23. The second kappa shape index (κ2) is 6.11. The Morgan fingerprint density at radius 1 is 1.24 bits per heavy atom. The van der Waals surface area contributed by atoms with E-state index in [1.165, 1.54) is 17.9 Å². The molecule has 1 aliphatic carbocycles. The Labute approximate surface area is 133 Å². The van der Waals surface area contributed by atoms with E-state index >= 15 is 0 Å². The summed E-state index contributed by atoms with van der Waals surface area (Å²) in [5, 5.41) is 13.4. The molecule has 1 saturated carbocycles. The second-order valence-corrected chi connectivity index (χ2v) is 9.37. The number of thioether (sulfide) groups is 1. The maximum atomic E-state index is 11.5. The van der Waals surface area contributed by atoms with Gasteiger partial charge in [-0.1, -0.05) is 34.6 Å². The molecule has 3 nitrogen and oxygen atoms in total. The third kappa shape index (κ3) is 3.42.